The number of nitrogens with zero attached hydrogens (tertiary/aromatic N) is 2. The second-order valence-corrected chi connectivity index (χ2v) is 5.79. The Morgan fingerprint density at radius 2 is 1.52 bits per heavy atom. The smallest absolute Gasteiger partial charge is 0.0617 e. The summed E-state index contributed by atoms with van der Waals surface area (Å²) < 4.78 is 0. The highest BCUT2D eigenvalue weighted by molar-refractivity contribution is 5.77. The monoisotopic (exact) mass is 283 g/mol. The van der Waals surface area contributed by atoms with Crippen molar-refractivity contribution in [2.24, 2.45) is 0 Å². The van der Waals surface area contributed by atoms with Crippen molar-refractivity contribution < 1.29 is 0 Å². The van der Waals surface area contributed by atoms with Crippen LogP contribution in [-0.2, 0) is 0 Å². The molecule has 0 spiro atoms. The van der Waals surface area contributed by atoms with Gasteiger partial charge in [0.05, 0.1) is 11.4 Å². The van der Waals surface area contributed by atoms with E-state index in [1.54, 1.807) is 0 Å². The molecule has 0 saturated heterocycles. The molecule has 112 valence electrons. The molecule has 0 aliphatic carbocycles. The quantitative estimate of drug-likeness (QED) is 0.880. The lowest BCUT2D eigenvalue weighted by molar-refractivity contribution is 0.897. The van der Waals surface area contributed by atoms with E-state index >= 15 is 0 Å². The van der Waals surface area contributed by atoms with Crippen LogP contribution in [0.1, 0.15) is 13.8 Å². The number of anilines is 4. The van der Waals surface area contributed by atoms with Crippen LogP contribution >= 0.6 is 0 Å². The van der Waals surface area contributed by atoms with Crippen LogP contribution in [0.3, 0.4) is 0 Å². The molecule has 1 N–H and O–H groups in total. The Morgan fingerprint density at radius 1 is 0.857 bits per heavy atom. The average molecular weight is 283 g/mol. The second kappa shape index (κ2) is 6.53. The minimum absolute atomic E-state index is 0.418. The molecule has 0 radical (unpaired) electrons. The maximum Gasteiger partial charge on any atom is 0.0617 e. The summed E-state index contributed by atoms with van der Waals surface area (Å²) in [6, 6.07) is 17.4. The van der Waals surface area contributed by atoms with Gasteiger partial charge in [-0.2, -0.15) is 0 Å². The van der Waals surface area contributed by atoms with Gasteiger partial charge >= 0.3 is 0 Å². The molecule has 0 aliphatic rings. The van der Waals surface area contributed by atoms with Gasteiger partial charge in [0.1, 0.15) is 0 Å². The summed E-state index contributed by atoms with van der Waals surface area (Å²) in [4.78, 5) is 4.35. The predicted molar refractivity (Wildman–Crippen MR) is 94.0 cm³/mol. The van der Waals surface area contributed by atoms with Gasteiger partial charge in [0.2, 0.25) is 0 Å². The Hall–Kier alpha value is -2.16. The van der Waals surface area contributed by atoms with Crippen molar-refractivity contribution >= 4 is 22.7 Å². The standard InChI is InChI=1S/C18H25N3/c1-14(2)19-17-12-11-16(13-18(17)20(3)4)21(5)15-9-7-6-8-10-15/h6-14,19H,1-5H3. The summed E-state index contributed by atoms with van der Waals surface area (Å²) in [5, 5.41) is 3.50. The highest BCUT2D eigenvalue weighted by Gasteiger charge is 2.10. The van der Waals surface area contributed by atoms with Gasteiger partial charge in [-0.25, -0.2) is 0 Å². The van der Waals surface area contributed by atoms with E-state index in [9.17, 15) is 0 Å². The van der Waals surface area contributed by atoms with Crippen molar-refractivity contribution in [3.05, 3.63) is 48.5 Å². The lowest BCUT2D eigenvalue weighted by Crippen LogP contribution is -2.17. The Labute approximate surface area is 128 Å². The van der Waals surface area contributed by atoms with Gasteiger partial charge in [-0.05, 0) is 44.2 Å². The molecule has 21 heavy (non-hydrogen) atoms. The van der Waals surface area contributed by atoms with Gasteiger partial charge in [-0.15, -0.1) is 0 Å². The Kier molecular flexibility index (Phi) is 4.73. The van der Waals surface area contributed by atoms with E-state index in [4.69, 9.17) is 0 Å². The summed E-state index contributed by atoms with van der Waals surface area (Å²) in [6.07, 6.45) is 0. The summed E-state index contributed by atoms with van der Waals surface area (Å²) in [5.41, 5.74) is 4.73. The molecular formula is C18H25N3. The van der Waals surface area contributed by atoms with Gasteiger partial charge in [0.25, 0.3) is 0 Å². The van der Waals surface area contributed by atoms with E-state index in [2.05, 4.69) is 92.6 Å². The third kappa shape index (κ3) is 3.69. The van der Waals surface area contributed by atoms with Gasteiger partial charge in [-0.1, -0.05) is 18.2 Å². The van der Waals surface area contributed by atoms with Gasteiger partial charge in [0, 0.05) is 38.6 Å². The molecule has 0 heterocycles. The maximum atomic E-state index is 3.50. The molecule has 0 unspecified atom stereocenters. The Bertz CT molecular complexity index is 576. The van der Waals surface area contributed by atoms with Crippen LogP contribution in [0.5, 0.6) is 0 Å². The fraction of sp³-hybridized carbons (Fsp3) is 0.333. The predicted octanol–water partition coefficient (Wildman–Crippen LogP) is 4.34. The van der Waals surface area contributed by atoms with Crippen LogP contribution in [0.2, 0.25) is 0 Å². The van der Waals surface area contributed by atoms with Crippen molar-refractivity contribution in [2.45, 2.75) is 19.9 Å². The number of para-hydroxylation sites is 1. The summed E-state index contributed by atoms with van der Waals surface area (Å²) in [6.45, 7) is 4.31. The van der Waals surface area contributed by atoms with E-state index in [0.29, 0.717) is 6.04 Å². The van der Waals surface area contributed by atoms with Crippen molar-refractivity contribution in [2.75, 3.05) is 36.3 Å². The lowest BCUT2D eigenvalue weighted by atomic mass is 10.2. The molecule has 2 aromatic carbocycles. The third-order valence-corrected chi connectivity index (χ3v) is 3.44. The Balaban J connectivity index is 2.35. The highest BCUT2D eigenvalue weighted by atomic mass is 15.1. The molecule has 0 fully saturated rings. The molecule has 3 nitrogen and oxygen atoms in total. The number of hydrogen-bond acceptors (Lipinski definition) is 3. The molecule has 0 atom stereocenters. The number of nitrogens with one attached hydrogen (secondary N) is 1. The normalized spacial score (nSPS) is 10.6. The number of benzene rings is 2. The first kappa shape index (κ1) is 15.2. The molecule has 0 amide bonds. The SMILES string of the molecule is CC(C)Nc1ccc(N(C)c2ccccc2)cc1N(C)C. The Morgan fingerprint density at radius 3 is 2.10 bits per heavy atom. The summed E-state index contributed by atoms with van der Waals surface area (Å²) >= 11 is 0. The summed E-state index contributed by atoms with van der Waals surface area (Å²) in [5.74, 6) is 0. The van der Waals surface area contributed by atoms with Crippen LogP contribution in [0.15, 0.2) is 48.5 Å². The zero-order valence-electron chi connectivity index (χ0n) is 13.6. The van der Waals surface area contributed by atoms with E-state index in [1.807, 2.05) is 6.07 Å². The van der Waals surface area contributed by atoms with Crippen LogP contribution in [0.4, 0.5) is 22.7 Å². The largest absolute Gasteiger partial charge is 0.381 e. The molecule has 0 aliphatic heterocycles. The van der Waals surface area contributed by atoms with E-state index < -0.39 is 0 Å². The minimum atomic E-state index is 0.418. The lowest BCUT2D eigenvalue weighted by Gasteiger charge is -2.25. The van der Waals surface area contributed by atoms with E-state index in [1.165, 1.54) is 22.7 Å². The molecular weight excluding hydrogens is 258 g/mol. The van der Waals surface area contributed by atoms with Crippen molar-refractivity contribution in [3.8, 4) is 0 Å². The fourth-order valence-corrected chi connectivity index (χ4v) is 2.33. The molecule has 3 heteroatoms. The van der Waals surface area contributed by atoms with Crippen LogP contribution in [-0.4, -0.2) is 27.2 Å². The van der Waals surface area contributed by atoms with E-state index in [-0.39, 0.29) is 0 Å². The molecule has 0 aromatic heterocycles. The minimum Gasteiger partial charge on any atom is -0.381 e. The fourth-order valence-electron chi connectivity index (χ4n) is 2.33. The zero-order valence-corrected chi connectivity index (χ0v) is 13.6. The second-order valence-electron chi connectivity index (χ2n) is 5.79. The molecule has 0 bridgehead atoms. The number of hydrogen-bond donors (Lipinski definition) is 1. The van der Waals surface area contributed by atoms with Crippen molar-refractivity contribution in [1.29, 1.82) is 0 Å². The van der Waals surface area contributed by atoms with Crippen LogP contribution < -0.4 is 15.1 Å². The van der Waals surface area contributed by atoms with Crippen molar-refractivity contribution in [3.63, 3.8) is 0 Å². The van der Waals surface area contributed by atoms with Gasteiger partial charge < -0.3 is 15.1 Å². The first-order chi connectivity index (χ1) is 9.99. The van der Waals surface area contributed by atoms with Crippen LogP contribution in [0.25, 0.3) is 0 Å². The zero-order chi connectivity index (χ0) is 15.4. The first-order valence-corrected chi connectivity index (χ1v) is 7.35. The molecule has 0 saturated carbocycles. The van der Waals surface area contributed by atoms with Crippen LogP contribution in [0, 0.1) is 0 Å². The van der Waals surface area contributed by atoms with E-state index in [0.717, 1.165) is 0 Å². The topological polar surface area (TPSA) is 18.5 Å². The molecule has 2 rings (SSSR count). The number of rotatable bonds is 5. The van der Waals surface area contributed by atoms with Gasteiger partial charge in [-0.3, -0.25) is 0 Å². The average Bonchev–Trinajstić information content (AvgIpc) is 2.47. The van der Waals surface area contributed by atoms with Crippen molar-refractivity contribution in [1.82, 2.24) is 0 Å². The summed E-state index contributed by atoms with van der Waals surface area (Å²) in [7, 11) is 6.25. The highest BCUT2D eigenvalue weighted by Crippen LogP contribution is 2.32. The maximum absolute atomic E-state index is 3.50. The first-order valence-electron chi connectivity index (χ1n) is 7.35. The third-order valence-electron chi connectivity index (χ3n) is 3.44. The molecule has 2 aromatic rings. The van der Waals surface area contributed by atoms with Gasteiger partial charge in [0.15, 0.2) is 0 Å².